The minimum absolute atomic E-state index is 0.238. The van der Waals surface area contributed by atoms with Crippen LogP contribution < -0.4 is 20.7 Å². The van der Waals surface area contributed by atoms with Gasteiger partial charge in [-0.3, -0.25) is 0 Å². The molecule has 172 valence electrons. The van der Waals surface area contributed by atoms with Crippen LogP contribution in [0.1, 0.15) is 16.2 Å². The molecule has 3 heteroatoms. The zero-order valence-corrected chi connectivity index (χ0v) is 21.0. The highest BCUT2D eigenvalue weighted by molar-refractivity contribution is 7.96. The Morgan fingerprint density at radius 3 is 1.34 bits per heavy atom. The van der Waals surface area contributed by atoms with E-state index < -0.39 is 7.26 Å². The third-order valence-corrected chi connectivity index (χ3v) is 11.7. The third-order valence-electron chi connectivity index (χ3n) is 6.23. The minimum Gasteiger partial charge on any atom is -0.489 e. The molecule has 0 bridgehead atoms. The maximum atomic E-state index is 7.57. The molecule has 0 amide bonds. The Labute approximate surface area is 213 Å². The Kier molecular flexibility index (Phi) is 7.28. The Balaban J connectivity index is 1.56. The van der Waals surface area contributed by atoms with Crippen LogP contribution in [0, 0.1) is 0 Å². The number of rotatable bonds is 8. The summed E-state index contributed by atoms with van der Waals surface area (Å²) >= 11 is 7.57. The van der Waals surface area contributed by atoms with E-state index in [0.717, 1.165) is 16.9 Å². The monoisotopic (exact) mass is 493 g/mol. The fourth-order valence-corrected chi connectivity index (χ4v) is 9.90. The van der Waals surface area contributed by atoms with Gasteiger partial charge in [-0.1, -0.05) is 109 Å². The number of alkyl halides is 1. The lowest BCUT2D eigenvalue weighted by Gasteiger charge is -2.31. The van der Waals surface area contributed by atoms with Gasteiger partial charge >= 0.3 is 0 Å². The fraction of sp³-hybridized carbons (Fsp3) is 0.0625. The van der Waals surface area contributed by atoms with Crippen LogP contribution >= 0.6 is 18.9 Å². The molecule has 0 aliphatic carbocycles. The fourth-order valence-electron chi connectivity index (χ4n) is 4.52. The first-order valence-electron chi connectivity index (χ1n) is 11.7. The van der Waals surface area contributed by atoms with E-state index in [1.807, 2.05) is 30.3 Å². The van der Waals surface area contributed by atoms with E-state index in [-0.39, 0.29) is 5.12 Å². The average molecular weight is 494 g/mol. The van der Waals surface area contributed by atoms with Crippen LogP contribution in [0.15, 0.2) is 146 Å². The Hall–Kier alpha value is -3.38. The maximum absolute atomic E-state index is 7.57. The number of halogens is 1. The van der Waals surface area contributed by atoms with Crippen LogP contribution in [-0.4, -0.2) is 0 Å². The summed E-state index contributed by atoms with van der Waals surface area (Å²) in [5.74, 6) is 0.838. The molecule has 0 aromatic heterocycles. The van der Waals surface area contributed by atoms with Crippen molar-refractivity contribution < 1.29 is 4.74 Å². The van der Waals surface area contributed by atoms with Crippen LogP contribution in [0.3, 0.4) is 0 Å². The quantitative estimate of drug-likeness (QED) is 0.161. The van der Waals surface area contributed by atoms with Crippen LogP contribution in [0.25, 0.3) is 0 Å². The van der Waals surface area contributed by atoms with Crippen molar-refractivity contribution in [2.24, 2.45) is 0 Å². The first kappa shape index (κ1) is 23.4. The van der Waals surface area contributed by atoms with Gasteiger partial charge < -0.3 is 4.74 Å². The van der Waals surface area contributed by atoms with Crippen LogP contribution in [-0.2, 0) is 6.61 Å². The first-order valence-corrected chi connectivity index (χ1v) is 14.0. The third kappa shape index (κ3) is 4.89. The predicted octanol–water partition coefficient (Wildman–Crippen LogP) is 7.50. The van der Waals surface area contributed by atoms with Crippen molar-refractivity contribution >= 4 is 34.8 Å². The van der Waals surface area contributed by atoms with Crippen molar-refractivity contribution in [3.63, 3.8) is 0 Å². The maximum Gasteiger partial charge on any atom is 0.181 e. The van der Waals surface area contributed by atoms with Gasteiger partial charge in [-0.15, -0.1) is 0 Å². The molecule has 0 N–H and O–H groups in total. The van der Waals surface area contributed by atoms with Crippen LogP contribution in [0.5, 0.6) is 5.75 Å². The normalized spacial score (nSPS) is 12.1. The summed E-state index contributed by atoms with van der Waals surface area (Å²) in [4.78, 5) is 0. The predicted molar refractivity (Wildman–Crippen MR) is 151 cm³/mol. The van der Waals surface area contributed by atoms with Gasteiger partial charge in [-0.25, -0.2) is 0 Å². The van der Waals surface area contributed by atoms with Crippen molar-refractivity contribution in [2.75, 3.05) is 0 Å². The van der Waals surface area contributed by atoms with Gasteiger partial charge in [0.25, 0.3) is 0 Å². The summed E-state index contributed by atoms with van der Waals surface area (Å²) in [6, 6.07) is 50.7. The van der Waals surface area contributed by atoms with Gasteiger partial charge in [0.15, 0.2) is 5.12 Å². The molecule has 1 atom stereocenters. The Morgan fingerprint density at radius 1 is 0.514 bits per heavy atom. The molecule has 35 heavy (non-hydrogen) atoms. The van der Waals surface area contributed by atoms with Crippen molar-refractivity contribution in [3.05, 3.63) is 157 Å². The van der Waals surface area contributed by atoms with E-state index in [2.05, 4.69) is 115 Å². The van der Waals surface area contributed by atoms with Gasteiger partial charge in [-0.2, -0.15) is 0 Å². The Bertz CT molecular complexity index is 1230. The molecule has 0 saturated carbocycles. The molecule has 0 fully saturated rings. The summed E-state index contributed by atoms with van der Waals surface area (Å²) < 4.78 is 6.03. The molecule has 5 aromatic carbocycles. The number of hydrogen-bond donors (Lipinski definition) is 0. The molecule has 1 unspecified atom stereocenters. The second-order valence-electron chi connectivity index (χ2n) is 8.41. The number of benzene rings is 5. The summed E-state index contributed by atoms with van der Waals surface area (Å²) in [6.45, 7) is 0.541. The Morgan fingerprint density at radius 2 is 0.914 bits per heavy atom. The molecule has 0 aliphatic rings. The number of hydrogen-bond acceptors (Lipinski definition) is 1. The van der Waals surface area contributed by atoms with Gasteiger partial charge in [-0.05, 0) is 54.1 Å². The first-order chi connectivity index (χ1) is 17.3. The summed E-state index contributed by atoms with van der Waals surface area (Å²) in [5.41, 5.74) is 2.23. The lowest BCUT2D eigenvalue weighted by molar-refractivity contribution is 0.306. The second kappa shape index (κ2) is 10.9. The molecular formula is C32H27ClOP+. The van der Waals surface area contributed by atoms with Crippen LogP contribution in [0.2, 0.25) is 0 Å². The van der Waals surface area contributed by atoms with Crippen molar-refractivity contribution in [1.29, 1.82) is 0 Å². The molecule has 5 rings (SSSR count). The highest BCUT2D eigenvalue weighted by Gasteiger charge is 2.52. The summed E-state index contributed by atoms with van der Waals surface area (Å²) in [5, 5.41) is 3.56. The largest absolute Gasteiger partial charge is 0.489 e. The van der Waals surface area contributed by atoms with E-state index in [1.165, 1.54) is 15.9 Å². The highest BCUT2D eigenvalue weighted by atomic mass is 35.5. The summed E-state index contributed by atoms with van der Waals surface area (Å²) in [7, 11) is -2.22. The lowest BCUT2D eigenvalue weighted by Crippen LogP contribution is -2.33. The molecule has 0 heterocycles. The van der Waals surface area contributed by atoms with Gasteiger partial charge in [0.1, 0.15) is 35.5 Å². The molecule has 5 aromatic rings. The second-order valence-corrected chi connectivity index (χ2v) is 12.7. The summed E-state index contributed by atoms with van der Waals surface area (Å²) in [6.07, 6.45) is 0. The standard InChI is InChI=1S/C32H27ClOP/c33-32(27-21-23-28(24-22-27)34-25-26-13-5-1-6-14-26)35(29-15-7-2-8-16-29,30-17-9-3-10-18-30)31-19-11-4-12-20-31/h1-24,32H,25H2/q+1. The van der Waals surface area contributed by atoms with Crippen molar-refractivity contribution in [1.82, 2.24) is 0 Å². The molecule has 0 saturated heterocycles. The van der Waals surface area contributed by atoms with E-state index in [9.17, 15) is 0 Å². The van der Waals surface area contributed by atoms with E-state index in [4.69, 9.17) is 16.3 Å². The highest BCUT2D eigenvalue weighted by Crippen LogP contribution is 2.68. The molecule has 0 spiro atoms. The lowest BCUT2D eigenvalue weighted by atomic mass is 10.2. The van der Waals surface area contributed by atoms with Crippen molar-refractivity contribution in [2.45, 2.75) is 11.7 Å². The van der Waals surface area contributed by atoms with Gasteiger partial charge in [0.2, 0.25) is 0 Å². The van der Waals surface area contributed by atoms with Gasteiger partial charge in [0.05, 0.1) is 0 Å². The van der Waals surface area contributed by atoms with E-state index in [0.29, 0.717) is 6.61 Å². The van der Waals surface area contributed by atoms with E-state index >= 15 is 0 Å². The van der Waals surface area contributed by atoms with E-state index in [1.54, 1.807) is 0 Å². The zero-order valence-electron chi connectivity index (χ0n) is 19.4. The van der Waals surface area contributed by atoms with Gasteiger partial charge in [0, 0.05) is 5.56 Å². The average Bonchev–Trinajstić information content (AvgIpc) is 2.95. The SMILES string of the molecule is ClC(c1ccc(OCc2ccccc2)cc1)[P+](c1ccccc1)(c1ccccc1)c1ccccc1. The molecular weight excluding hydrogens is 467 g/mol. The molecule has 0 radical (unpaired) electrons. The van der Waals surface area contributed by atoms with Crippen LogP contribution in [0.4, 0.5) is 0 Å². The number of ether oxygens (including phenoxy) is 1. The minimum atomic E-state index is -2.22. The molecule has 0 aliphatic heterocycles. The topological polar surface area (TPSA) is 9.23 Å². The zero-order chi connectivity index (χ0) is 23.9. The van der Waals surface area contributed by atoms with Crippen molar-refractivity contribution in [3.8, 4) is 5.75 Å². The molecule has 1 nitrogen and oxygen atoms in total. The smallest absolute Gasteiger partial charge is 0.181 e.